The summed E-state index contributed by atoms with van der Waals surface area (Å²) >= 11 is 10.9. The molecule has 0 bridgehead atoms. The molecule has 9 heteroatoms. The van der Waals surface area contributed by atoms with Crippen LogP contribution in [0.25, 0.3) is 11.4 Å². The number of hydrogen-bond acceptors (Lipinski definition) is 5. The van der Waals surface area contributed by atoms with Crippen LogP contribution in [0.5, 0.6) is 0 Å². The fourth-order valence-electron chi connectivity index (χ4n) is 2.72. The number of hydrogen-bond donors (Lipinski definition) is 1. The van der Waals surface area contributed by atoms with E-state index in [4.69, 9.17) is 11.6 Å². The first-order valence-electron chi connectivity index (χ1n) is 8.97. The number of thioether (sulfide) groups is 1. The molecule has 3 aromatic rings. The largest absolute Gasteiger partial charge is 0.378 e. The zero-order valence-electron chi connectivity index (χ0n) is 16.3. The highest BCUT2D eigenvalue weighted by Crippen LogP contribution is 2.28. The van der Waals surface area contributed by atoms with E-state index in [2.05, 4.69) is 37.5 Å². The number of amides is 1. The number of aromatic nitrogens is 3. The van der Waals surface area contributed by atoms with Crippen LogP contribution in [0.1, 0.15) is 6.92 Å². The van der Waals surface area contributed by atoms with E-state index >= 15 is 0 Å². The summed E-state index contributed by atoms with van der Waals surface area (Å²) in [4.78, 5) is 14.4. The molecule has 0 atom stereocenters. The van der Waals surface area contributed by atoms with Crippen LogP contribution >= 0.6 is 39.3 Å². The van der Waals surface area contributed by atoms with E-state index < -0.39 is 0 Å². The second-order valence-electron chi connectivity index (χ2n) is 6.46. The Labute approximate surface area is 187 Å². The van der Waals surface area contributed by atoms with Crippen molar-refractivity contribution in [2.24, 2.45) is 0 Å². The van der Waals surface area contributed by atoms with E-state index in [0.717, 1.165) is 21.5 Å². The Hall–Kier alpha value is -2.03. The first kappa shape index (κ1) is 21.7. The zero-order valence-corrected chi connectivity index (χ0v) is 19.5. The molecular formula is C20H21BrClN5OS. The van der Waals surface area contributed by atoms with Gasteiger partial charge in [-0.25, -0.2) is 0 Å². The fourth-order valence-corrected chi connectivity index (χ4v) is 4.25. The van der Waals surface area contributed by atoms with E-state index in [1.165, 1.54) is 11.8 Å². The molecule has 2 aromatic carbocycles. The third kappa shape index (κ3) is 5.32. The molecule has 3 rings (SSSR count). The highest BCUT2D eigenvalue weighted by molar-refractivity contribution is 9.10. The number of nitrogens with one attached hydrogen (secondary N) is 1. The first-order valence-corrected chi connectivity index (χ1v) is 11.1. The van der Waals surface area contributed by atoms with Gasteiger partial charge in [0.25, 0.3) is 0 Å². The fraction of sp³-hybridized carbons (Fsp3) is 0.250. The third-order valence-electron chi connectivity index (χ3n) is 4.19. The van der Waals surface area contributed by atoms with Crippen molar-refractivity contribution in [2.75, 3.05) is 30.1 Å². The molecule has 0 aliphatic carbocycles. The van der Waals surface area contributed by atoms with Crippen LogP contribution in [0, 0.1) is 0 Å². The van der Waals surface area contributed by atoms with E-state index in [1.807, 2.05) is 54.8 Å². The predicted octanol–water partition coefficient (Wildman–Crippen LogP) is 5.18. The molecule has 1 aromatic heterocycles. The molecule has 0 aliphatic heterocycles. The van der Waals surface area contributed by atoms with Crippen LogP contribution in [0.3, 0.4) is 0 Å². The van der Waals surface area contributed by atoms with Gasteiger partial charge in [-0.15, -0.1) is 10.2 Å². The number of nitrogens with zero attached hydrogens (tertiary/aromatic N) is 4. The minimum Gasteiger partial charge on any atom is -0.378 e. The van der Waals surface area contributed by atoms with E-state index in [1.54, 1.807) is 12.1 Å². The second-order valence-corrected chi connectivity index (χ2v) is 8.72. The molecule has 0 aliphatic rings. The SMILES string of the molecule is CCn1c(SCC(=O)Nc2ccc(Br)cc2Cl)nnc1-c1cccc(N(C)C)c1. The highest BCUT2D eigenvalue weighted by Gasteiger charge is 2.15. The molecule has 1 amide bonds. The Morgan fingerprint density at radius 3 is 2.72 bits per heavy atom. The van der Waals surface area contributed by atoms with Gasteiger partial charge in [-0.2, -0.15) is 0 Å². The van der Waals surface area contributed by atoms with Gasteiger partial charge in [-0.1, -0.05) is 51.4 Å². The lowest BCUT2D eigenvalue weighted by atomic mass is 10.2. The summed E-state index contributed by atoms with van der Waals surface area (Å²) in [6.45, 7) is 2.74. The number of halogens is 2. The Bertz CT molecular complexity index is 1020. The lowest BCUT2D eigenvalue weighted by Gasteiger charge is -2.14. The molecule has 1 N–H and O–H groups in total. The van der Waals surface area contributed by atoms with Crippen molar-refractivity contribution in [3.8, 4) is 11.4 Å². The standard InChI is InChI=1S/C20H21BrClN5OS/c1-4-27-19(13-6-5-7-15(10-13)26(2)3)24-25-20(27)29-12-18(28)23-17-9-8-14(21)11-16(17)22/h5-11H,4,12H2,1-3H3,(H,23,28). The van der Waals surface area contributed by atoms with Crippen LogP contribution in [0.4, 0.5) is 11.4 Å². The topological polar surface area (TPSA) is 63.1 Å². The third-order valence-corrected chi connectivity index (χ3v) is 5.96. The number of rotatable bonds is 7. The smallest absolute Gasteiger partial charge is 0.234 e. The van der Waals surface area contributed by atoms with Crippen molar-refractivity contribution in [1.82, 2.24) is 14.8 Å². The van der Waals surface area contributed by atoms with Gasteiger partial charge in [0.2, 0.25) is 5.91 Å². The molecule has 0 unspecified atom stereocenters. The predicted molar refractivity (Wildman–Crippen MR) is 124 cm³/mol. The average molecular weight is 495 g/mol. The van der Waals surface area contributed by atoms with Crippen molar-refractivity contribution >= 4 is 56.6 Å². The summed E-state index contributed by atoms with van der Waals surface area (Å²) in [7, 11) is 4.00. The lowest BCUT2D eigenvalue weighted by Crippen LogP contribution is -2.15. The van der Waals surface area contributed by atoms with Crippen molar-refractivity contribution in [1.29, 1.82) is 0 Å². The molecule has 0 spiro atoms. The van der Waals surface area contributed by atoms with Crippen LogP contribution in [-0.4, -0.2) is 40.5 Å². The summed E-state index contributed by atoms with van der Waals surface area (Å²) in [6.07, 6.45) is 0. The minimum absolute atomic E-state index is 0.152. The maximum Gasteiger partial charge on any atom is 0.234 e. The Morgan fingerprint density at radius 2 is 2.03 bits per heavy atom. The minimum atomic E-state index is -0.152. The highest BCUT2D eigenvalue weighted by atomic mass is 79.9. The molecule has 29 heavy (non-hydrogen) atoms. The van der Waals surface area contributed by atoms with Crippen LogP contribution in [-0.2, 0) is 11.3 Å². The molecule has 6 nitrogen and oxygen atoms in total. The van der Waals surface area contributed by atoms with Crippen LogP contribution in [0.15, 0.2) is 52.1 Å². The number of carbonyl (C=O) groups is 1. The Morgan fingerprint density at radius 1 is 1.24 bits per heavy atom. The number of carbonyl (C=O) groups excluding carboxylic acids is 1. The van der Waals surface area contributed by atoms with Crippen molar-refractivity contribution in [2.45, 2.75) is 18.6 Å². The normalized spacial score (nSPS) is 10.8. The van der Waals surface area contributed by atoms with Crippen molar-refractivity contribution in [3.63, 3.8) is 0 Å². The van der Waals surface area contributed by atoms with Gasteiger partial charge < -0.3 is 14.8 Å². The van der Waals surface area contributed by atoms with Crippen molar-refractivity contribution in [3.05, 3.63) is 52.0 Å². The monoisotopic (exact) mass is 493 g/mol. The van der Waals surface area contributed by atoms with E-state index in [-0.39, 0.29) is 11.7 Å². The molecule has 0 fully saturated rings. The van der Waals surface area contributed by atoms with Crippen LogP contribution in [0.2, 0.25) is 5.02 Å². The molecule has 0 radical (unpaired) electrons. The first-order chi connectivity index (χ1) is 13.9. The average Bonchev–Trinajstić information content (AvgIpc) is 3.11. The summed E-state index contributed by atoms with van der Waals surface area (Å²) in [5.41, 5.74) is 2.66. The second kappa shape index (κ2) is 9.65. The quantitative estimate of drug-likeness (QED) is 0.459. The lowest BCUT2D eigenvalue weighted by molar-refractivity contribution is -0.113. The van der Waals surface area contributed by atoms with E-state index in [0.29, 0.717) is 22.4 Å². The molecule has 0 saturated carbocycles. The molecule has 1 heterocycles. The number of anilines is 2. The Balaban J connectivity index is 1.72. The van der Waals surface area contributed by atoms with E-state index in [9.17, 15) is 4.79 Å². The van der Waals surface area contributed by atoms with Gasteiger partial charge in [-0.05, 0) is 37.3 Å². The summed E-state index contributed by atoms with van der Waals surface area (Å²) in [5, 5.41) is 12.7. The van der Waals surface area contributed by atoms with Gasteiger partial charge in [-0.3, -0.25) is 4.79 Å². The molecular weight excluding hydrogens is 474 g/mol. The van der Waals surface area contributed by atoms with Crippen molar-refractivity contribution < 1.29 is 4.79 Å². The maximum atomic E-state index is 12.4. The van der Waals surface area contributed by atoms with Gasteiger partial charge in [0, 0.05) is 36.4 Å². The summed E-state index contributed by atoms with van der Waals surface area (Å²) in [6, 6.07) is 13.5. The van der Waals surface area contributed by atoms with Gasteiger partial charge >= 0.3 is 0 Å². The zero-order chi connectivity index (χ0) is 21.0. The maximum absolute atomic E-state index is 12.4. The summed E-state index contributed by atoms with van der Waals surface area (Å²) in [5.74, 6) is 0.846. The van der Waals surface area contributed by atoms with Gasteiger partial charge in [0.05, 0.1) is 16.5 Å². The van der Waals surface area contributed by atoms with Crippen LogP contribution < -0.4 is 10.2 Å². The Kier molecular flexibility index (Phi) is 7.21. The number of benzene rings is 2. The van der Waals surface area contributed by atoms with Gasteiger partial charge in [0.15, 0.2) is 11.0 Å². The molecule has 0 saturated heterocycles. The molecule has 152 valence electrons. The van der Waals surface area contributed by atoms with Gasteiger partial charge in [0.1, 0.15) is 0 Å². The summed E-state index contributed by atoms with van der Waals surface area (Å²) < 4.78 is 2.87.